The lowest BCUT2D eigenvalue weighted by atomic mass is 10.1. The zero-order valence-corrected chi connectivity index (χ0v) is 13.8. The lowest BCUT2D eigenvalue weighted by Gasteiger charge is -2.32. The quantitative estimate of drug-likeness (QED) is 0.903. The lowest BCUT2D eigenvalue weighted by molar-refractivity contribution is 0.0369. The van der Waals surface area contributed by atoms with Crippen LogP contribution in [-0.4, -0.2) is 43.8 Å². The molecule has 0 amide bonds. The largest absolute Gasteiger partial charge is 0.381 e. The van der Waals surface area contributed by atoms with Gasteiger partial charge in [0.25, 0.3) is 0 Å². The van der Waals surface area contributed by atoms with Crippen LogP contribution in [0.3, 0.4) is 0 Å². The van der Waals surface area contributed by atoms with E-state index in [9.17, 15) is 0 Å². The second-order valence-corrected chi connectivity index (χ2v) is 7.49. The van der Waals surface area contributed by atoms with Crippen LogP contribution >= 0.6 is 11.6 Å². The summed E-state index contributed by atoms with van der Waals surface area (Å²) in [5, 5.41) is 4.45. The molecule has 3 fully saturated rings. The molecule has 1 N–H and O–H groups in total. The van der Waals surface area contributed by atoms with Gasteiger partial charge in [0, 0.05) is 43.9 Å². The fourth-order valence-electron chi connectivity index (χ4n) is 4.36. The first kappa shape index (κ1) is 14.9. The van der Waals surface area contributed by atoms with E-state index < -0.39 is 0 Å². The van der Waals surface area contributed by atoms with E-state index in [0.717, 1.165) is 55.1 Å². The normalized spacial score (nSPS) is 32.1. The Labute approximate surface area is 138 Å². The molecule has 1 aromatic carbocycles. The molecule has 2 heterocycles. The summed E-state index contributed by atoms with van der Waals surface area (Å²) in [7, 11) is 0. The highest BCUT2D eigenvalue weighted by Gasteiger charge is 2.55. The van der Waals surface area contributed by atoms with Crippen molar-refractivity contribution in [3.63, 3.8) is 0 Å². The average molecular weight is 321 g/mol. The first-order chi connectivity index (χ1) is 10.8. The molecule has 1 saturated carbocycles. The van der Waals surface area contributed by atoms with Crippen LogP contribution in [0.5, 0.6) is 0 Å². The van der Waals surface area contributed by atoms with Crippen molar-refractivity contribution in [3.05, 3.63) is 34.9 Å². The molecule has 2 aliphatic heterocycles. The van der Waals surface area contributed by atoms with Crippen molar-refractivity contribution in [2.75, 3.05) is 32.8 Å². The van der Waals surface area contributed by atoms with Crippen LogP contribution in [0.2, 0.25) is 5.02 Å². The Morgan fingerprint density at radius 3 is 2.68 bits per heavy atom. The zero-order chi connectivity index (χ0) is 14.9. The van der Waals surface area contributed by atoms with Crippen LogP contribution in [-0.2, 0) is 11.3 Å². The molecule has 1 aromatic rings. The third kappa shape index (κ3) is 3.18. The molecule has 2 unspecified atom stereocenters. The minimum absolute atomic E-state index is 0.793. The van der Waals surface area contributed by atoms with Crippen LogP contribution in [0.15, 0.2) is 24.3 Å². The van der Waals surface area contributed by atoms with Crippen molar-refractivity contribution >= 4 is 11.6 Å². The zero-order valence-electron chi connectivity index (χ0n) is 13.0. The number of fused-ring (bicyclic) bond motifs is 1. The van der Waals surface area contributed by atoms with Gasteiger partial charge in [-0.2, -0.15) is 0 Å². The number of ether oxygens (including phenoxy) is 1. The highest BCUT2D eigenvalue weighted by Crippen LogP contribution is 2.52. The number of likely N-dealkylation sites (tertiary alicyclic amines) is 1. The maximum absolute atomic E-state index is 6.02. The van der Waals surface area contributed by atoms with Gasteiger partial charge in [0.1, 0.15) is 0 Å². The second kappa shape index (κ2) is 6.48. The van der Waals surface area contributed by atoms with Gasteiger partial charge in [-0.3, -0.25) is 4.90 Å². The first-order valence-corrected chi connectivity index (χ1v) is 8.96. The first-order valence-electron chi connectivity index (χ1n) is 8.58. The minimum atomic E-state index is 0.793. The van der Waals surface area contributed by atoms with Gasteiger partial charge in [-0.15, -0.1) is 0 Å². The van der Waals surface area contributed by atoms with Gasteiger partial charge in [0.05, 0.1) is 0 Å². The number of rotatable bonds is 5. The maximum Gasteiger partial charge on any atom is 0.0480 e. The molecular weight excluding hydrogens is 296 g/mol. The summed E-state index contributed by atoms with van der Waals surface area (Å²) in [6.07, 6.45) is 2.47. The van der Waals surface area contributed by atoms with Gasteiger partial charge in [-0.1, -0.05) is 23.7 Å². The molecule has 4 rings (SSSR count). The highest BCUT2D eigenvalue weighted by atomic mass is 35.5. The smallest absolute Gasteiger partial charge is 0.0480 e. The van der Waals surface area contributed by atoms with Gasteiger partial charge in [-0.25, -0.2) is 0 Å². The molecular formula is C18H25ClN2O. The Hall–Kier alpha value is -0.610. The van der Waals surface area contributed by atoms with Crippen molar-refractivity contribution in [2.45, 2.75) is 25.4 Å². The van der Waals surface area contributed by atoms with Crippen LogP contribution in [0, 0.1) is 17.8 Å². The third-order valence-corrected chi connectivity index (χ3v) is 5.94. The van der Waals surface area contributed by atoms with E-state index in [0.29, 0.717) is 0 Å². The molecule has 2 saturated heterocycles. The van der Waals surface area contributed by atoms with Crippen LogP contribution in [0.4, 0.5) is 0 Å². The standard InChI is InChI=1S/C18H25ClN2O/c19-14-3-1-2-13(8-14)9-20-10-16-17-11-21(12-18(16)17)15-4-6-22-7-5-15/h1-3,8,15-18,20H,4-7,9-12H2. The third-order valence-electron chi connectivity index (χ3n) is 5.71. The van der Waals surface area contributed by atoms with E-state index in [4.69, 9.17) is 16.3 Å². The van der Waals surface area contributed by atoms with E-state index in [2.05, 4.69) is 22.3 Å². The molecule has 1 aliphatic carbocycles. The van der Waals surface area contributed by atoms with E-state index >= 15 is 0 Å². The van der Waals surface area contributed by atoms with Crippen LogP contribution in [0.25, 0.3) is 0 Å². The van der Waals surface area contributed by atoms with Gasteiger partial charge in [0.2, 0.25) is 0 Å². The van der Waals surface area contributed by atoms with Crippen molar-refractivity contribution in [2.24, 2.45) is 17.8 Å². The number of hydrogen-bond donors (Lipinski definition) is 1. The summed E-state index contributed by atoms with van der Waals surface area (Å²) in [4.78, 5) is 2.73. The number of hydrogen-bond acceptors (Lipinski definition) is 3. The van der Waals surface area contributed by atoms with Gasteiger partial charge >= 0.3 is 0 Å². The fourth-order valence-corrected chi connectivity index (χ4v) is 4.58. The Balaban J connectivity index is 1.19. The molecule has 0 aromatic heterocycles. The Bertz CT molecular complexity index is 506. The van der Waals surface area contributed by atoms with Crippen LogP contribution < -0.4 is 5.32 Å². The second-order valence-electron chi connectivity index (χ2n) is 7.05. The number of piperidine rings is 1. The lowest BCUT2D eigenvalue weighted by Crippen LogP contribution is -2.40. The molecule has 4 heteroatoms. The fraction of sp³-hybridized carbons (Fsp3) is 0.667. The number of benzene rings is 1. The molecule has 2 atom stereocenters. The van der Waals surface area contributed by atoms with E-state index in [-0.39, 0.29) is 0 Å². The molecule has 0 bridgehead atoms. The van der Waals surface area contributed by atoms with Gasteiger partial charge in [-0.05, 0) is 54.8 Å². The van der Waals surface area contributed by atoms with E-state index in [1.807, 2.05) is 12.1 Å². The monoisotopic (exact) mass is 320 g/mol. The summed E-state index contributed by atoms with van der Waals surface area (Å²) in [5.41, 5.74) is 1.28. The number of nitrogens with zero attached hydrogens (tertiary/aromatic N) is 1. The minimum Gasteiger partial charge on any atom is -0.381 e. The highest BCUT2D eigenvalue weighted by molar-refractivity contribution is 6.30. The Morgan fingerprint density at radius 1 is 1.18 bits per heavy atom. The molecule has 3 nitrogen and oxygen atoms in total. The van der Waals surface area contributed by atoms with E-state index in [1.54, 1.807) is 0 Å². The average Bonchev–Trinajstić information content (AvgIpc) is 2.99. The summed E-state index contributed by atoms with van der Waals surface area (Å²) in [6.45, 7) is 6.64. The Kier molecular flexibility index (Phi) is 4.40. The summed E-state index contributed by atoms with van der Waals surface area (Å²) < 4.78 is 5.48. The molecule has 3 aliphatic rings. The number of halogens is 1. The number of nitrogens with one attached hydrogen (secondary N) is 1. The molecule has 22 heavy (non-hydrogen) atoms. The van der Waals surface area contributed by atoms with Crippen molar-refractivity contribution in [1.29, 1.82) is 0 Å². The molecule has 120 valence electrons. The topological polar surface area (TPSA) is 24.5 Å². The summed E-state index contributed by atoms with van der Waals surface area (Å²) in [5.74, 6) is 2.78. The van der Waals surface area contributed by atoms with Crippen molar-refractivity contribution in [3.8, 4) is 0 Å². The predicted molar refractivity (Wildman–Crippen MR) is 89.0 cm³/mol. The summed E-state index contributed by atoms with van der Waals surface area (Å²) in [6, 6.07) is 8.94. The van der Waals surface area contributed by atoms with Gasteiger partial charge < -0.3 is 10.1 Å². The van der Waals surface area contributed by atoms with Crippen LogP contribution in [0.1, 0.15) is 18.4 Å². The van der Waals surface area contributed by atoms with Crippen molar-refractivity contribution < 1.29 is 4.74 Å². The molecule has 0 spiro atoms. The van der Waals surface area contributed by atoms with E-state index in [1.165, 1.54) is 31.5 Å². The SMILES string of the molecule is Clc1cccc(CNCC2C3CN(C4CCOCC4)CC23)c1. The van der Waals surface area contributed by atoms with Gasteiger partial charge in [0.15, 0.2) is 0 Å². The van der Waals surface area contributed by atoms with Crippen molar-refractivity contribution in [1.82, 2.24) is 10.2 Å². The molecule has 0 radical (unpaired) electrons. The predicted octanol–water partition coefficient (Wildman–Crippen LogP) is 2.79. The maximum atomic E-state index is 6.02. The summed E-state index contributed by atoms with van der Waals surface area (Å²) >= 11 is 6.02. The Morgan fingerprint density at radius 2 is 1.95 bits per heavy atom.